The molecule has 1 N–H and O–H groups in total. The molecule has 1 fully saturated rings. The first-order valence-corrected chi connectivity index (χ1v) is 8.23. The lowest BCUT2D eigenvalue weighted by Crippen LogP contribution is -2.24. The Balaban J connectivity index is 1.78. The summed E-state index contributed by atoms with van der Waals surface area (Å²) < 4.78 is 0. The van der Waals surface area contributed by atoms with Crippen molar-refractivity contribution in [3.63, 3.8) is 0 Å². The number of thiazole rings is 1. The van der Waals surface area contributed by atoms with E-state index in [1.165, 1.54) is 5.01 Å². The molecule has 22 heavy (non-hydrogen) atoms. The van der Waals surface area contributed by atoms with Gasteiger partial charge in [-0.2, -0.15) is 0 Å². The van der Waals surface area contributed by atoms with Gasteiger partial charge in [0.25, 0.3) is 5.56 Å². The van der Waals surface area contributed by atoms with Gasteiger partial charge in [0.2, 0.25) is 0 Å². The SMILES string of the molecule is Cc1c(N2CCC(c3nccs3)C2)c2ccncc2[nH]c1=O. The standard InChI is InChI=1S/C16H16N4OS/c1-10-14(12-2-4-17-8-13(12)19-15(10)21)20-6-3-11(9-20)16-18-5-7-22-16/h2,4-5,7-8,11H,3,6,9H2,1H3,(H,19,21). The Hall–Kier alpha value is -2.21. The Kier molecular flexibility index (Phi) is 3.18. The van der Waals surface area contributed by atoms with Crippen LogP contribution in [0.15, 0.2) is 34.8 Å². The highest BCUT2D eigenvalue weighted by atomic mass is 32.1. The summed E-state index contributed by atoms with van der Waals surface area (Å²) >= 11 is 1.71. The van der Waals surface area contributed by atoms with Crippen LogP contribution in [0.25, 0.3) is 10.9 Å². The molecule has 5 nitrogen and oxygen atoms in total. The van der Waals surface area contributed by atoms with Crippen LogP contribution < -0.4 is 10.5 Å². The highest BCUT2D eigenvalue weighted by molar-refractivity contribution is 7.09. The van der Waals surface area contributed by atoms with Crippen molar-refractivity contribution in [3.8, 4) is 0 Å². The van der Waals surface area contributed by atoms with Gasteiger partial charge < -0.3 is 9.88 Å². The van der Waals surface area contributed by atoms with E-state index in [4.69, 9.17) is 0 Å². The van der Waals surface area contributed by atoms with Crippen LogP contribution in [-0.2, 0) is 0 Å². The number of rotatable bonds is 2. The van der Waals surface area contributed by atoms with E-state index in [1.807, 2.05) is 24.6 Å². The molecule has 4 rings (SSSR count). The fourth-order valence-corrected chi connectivity index (χ4v) is 4.00. The van der Waals surface area contributed by atoms with Crippen LogP contribution in [-0.4, -0.2) is 28.0 Å². The zero-order valence-electron chi connectivity index (χ0n) is 12.2. The molecule has 1 aliphatic heterocycles. The third kappa shape index (κ3) is 2.11. The second kappa shape index (κ2) is 5.21. The molecule has 0 saturated carbocycles. The summed E-state index contributed by atoms with van der Waals surface area (Å²) in [6.45, 7) is 3.76. The molecular formula is C16H16N4OS. The highest BCUT2D eigenvalue weighted by Gasteiger charge is 2.28. The molecule has 1 aliphatic rings. The number of pyridine rings is 2. The van der Waals surface area contributed by atoms with Crippen LogP contribution in [0.3, 0.4) is 0 Å². The molecule has 6 heteroatoms. The third-order valence-electron chi connectivity index (χ3n) is 4.33. The zero-order valence-corrected chi connectivity index (χ0v) is 13.1. The van der Waals surface area contributed by atoms with Crippen LogP contribution in [0.5, 0.6) is 0 Å². The van der Waals surface area contributed by atoms with Crippen molar-refractivity contribution in [2.45, 2.75) is 19.3 Å². The van der Waals surface area contributed by atoms with E-state index < -0.39 is 0 Å². The minimum atomic E-state index is -0.0341. The number of fused-ring (bicyclic) bond motifs is 1. The maximum atomic E-state index is 12.2. The Labute approximate surface area is 131 Å². The minimum Gasteiger partial charge on any atom is -0.370 e. The number of aromatic nitrogens is 3. The summed E-state index contributed by atoms with van der Waals surface area (Å²) in [6, 6.07) is 1.98. The van der Waals surface area contributed by atoms with Gasteiger partial charge in [0.1, 0.15) is 0 Å². The van der Waals surface area contributed by atoms with Crippen LogP contribution >= 0.6 is 11.3 Å². The predicted molar refractivity (Wildman–Crippen MR) is 88.8 cm³/mol. The van der Waals surface area contributed by atoms with Gasteiger partial charge in [-0.25, -0.2) is 4.98 Å². The number of nitrogens with one attached hydrogen (secondary N) is 1. The number of hydrogen-bond acceptors (Lipinski definition) is 5. The van der Waals surface area contributed by atoms with Crippen molar-refractivity contribution in [2.75, 3.05) is 18.0 Å². The van der Waals surface area contributed by atoms with Crippen LogP contribution in [0.2, 0.25) is 0 Å². The van der Waals surface area contributed by atoms with Gasteiger partial charge in [-0.15, -0.1) is 11.3 Å². The van der Waals surface area contributed by atoms with Crippen molar-refractivity contribution in [2.24, 2.45) is 0 Å². The van der Waals surface area contributed by atoms with Crippen LogP contribution in [0.1, 0.15) is 22.9 Å². The molecule has 1 unspecified atom stereocenters. The van der Waals surface area contributed by atoms with Crippen molar-refractivity contribution < 1.29 is 0 Å². The Bertz CT molecular complexity index is 871. The van der Waals surface area contributed by atoms with Crippen LogP contribution in [0, 0.1) is 6.92 Å². The fourth-order valence-electron chi connectivity index (χ4n) is 3.23. The highest BCUT2D eigenvalue weighted by Crippen LogP contribution is 2.35. The summed E-state index contributed by atoms with van der Waals surface area (Å²) in [5.74, 6) is 0.454. The average Bonchev–Trinajstić information content (AvgIpc) is 3.19. The number of hydrogen-bond donors (Lipinski definition) is 1. The smallest absolute Gasteiger partial charge is 0.253 e. The first-order valence-electron chi connectivity index (χ1n) is 7.35. The predicted octanol–water partition coefficient (Wildman–Crippen LogP) is 2.68. The molecule has 0 spiro atoms. The van der Waals surface area contributed by atoms with E-state index in [1.54, 1.807) is 23.7 Å². The van der Waals surface area contributed by atoms with E-state index in [2.05, 4.69) is 19.9 Å². The number of aromatic amines is 1. The maximum Gasteiger partial charge on any atom is 0.253 e. The Morgan fingerprint density at radius 2 is 2.32 bits per heavy atom. The molecule has 1 saturated heterocycles. The molecule has 3 aromatic rings. The van der Waals surface area contributed by atoms with Crippen molar-refractivity contribution >= 4 is 27.9 Å². The zero-order chi connectivity index (χ0) is 15.1. The van der Waals surface area contributed by atoms with E-state index in [9.17, 15) is 4.79 Å². The largest absolute Gasteiger partial charge is 0.370 e. The molecular weight excluding hydrogens is 296 g/mol. The van der Waals surface area contributed by atoms with E-state index >= 15 is 0 Å². The van der Waals surface area contributed by atoms with E-state index in [0.717, 1.165) is 41.7 Å². The normalized spacial score (nSPS) is 18.2. The van der Waals surface area contributed by atoms with Gasteiger partial charge in [0.15, 0.2) is 0 Å². The Morgan fingerprint density at radius 1 is 1.41 bits per heavy atom. The lowest BCUT2D eigenvalue weighted by molar-refractivity contribution is 0.766. The number of anilines is 1. The van der Waals surface area contributed by atoms with E-state index in [-0.39, 0.29) is 5.56 Å². The average molecular weight is 312 g/mol. The quantitative estimate of drug-likeness (QED) is 0.790. The van der Waals surface area contributed by atoms with Gasteiger partial charge in [-0.05, 0) is 19.4 Å². The first kappa shape index (κ1) is 13.5. The summed E-state index contributed by atoms with van der Waals surface area (Å²) in [4.78, 5) is 26.0. The molecule has 0 aliphatic carbocycles. The van der Waals surface area contributed by atoms with E-state index in [0.29, 0.717) is 5.92 Å². The fraction of sp³-hybridized carbons (Fsp3) is 0.312. The van der Waals surface area contributed by atoms with Crippen LogP contribution in [0.4, 0.5) is 5.69 Å². The lowest BCUT2D eigenvalue weighted by atomic mass is 10.1. The van der Waals surface area contributed by atoms with Gasteiger partial charge in [0.05, 0.1) is 22.4 Å². The summed E-state index contributed by atoms with van der Waals surface area (Å²) in [6.07, 6.45) is 6.43. The monoisotopic (exact) mass is 312 g/mol. The minimum absolute atomic E-state index is 0.0341. The molecule has 0 amide bonds. The molecule has 3 aromatic heterocycles. The molecule has 0 bridgehead atoms. The second-order valence-corrected chi connectivity index (χ2v) is 6.58. The Morgan fingerprint density at radius 3 is 3.14 bits per heavy atom. The first-order chi connectivity index (χ1) is 10.7. The summed E-state index contributed by atoms with van der Waals surface area (Å²) in [5, 5.41) is 4.28. The number of nitrogens with zero attached hydrogens (tertiary/aromatic N) is 3. The topological polar surface area (TPSA) is 61.9 Å². The van der Waals surface area contributed by atoms with Gasteiger partial charge in [-0.1, -0.05) is 0 Å². The molecule has 4 heterocycles. The molecule has 1 atom stereocenters. The summed E-state index contributed by atoms with van der Waals surface area (Å²) in [5.41, 5.74) is 2.58. The number of H-pyrrole nitrogens is 1. The van der Waals surface area contributed by atoms with Gasteiger partial charge in [-0.3, -0.25) is 9.78 Å². The molecule has 112 valence electrons. The second-order valence-electron chi connectivity index (χ2n) is 5.65. The van der Waals surface area contributed by atoms with Gasteiger partial charge >= 0.3 is 0 Å². The van der Waals surface area contributed by atoms with Crippen molar-refractivity contribution in [3.05, 3.63) is 51.0 Å². The van der Waals surface area contributed by atoms with Gasteiger partial charge in [0, 0.05) is 47.7 Å². The molecule has 0 radical (unpaired) electrons. The molecule has 0 aromatic carbocycles. The maximum absolute atomic E-state index is 12.2. The van der Waals surface area contributed by atoms with Crippen molar-refractivity contribution in [1.29, 1.82) is 0 Å². The summed E-state index contributed by atoms with van der Waals surface area (Å²) in [7, 11) is 0. The third-order valence-corrected chi connectivity index (χ3v) is 5.26. The lowest BCUT2D eigenvalue weighted by Gasteiger charge is -2.22. The van der Waals surface area contributed by atoms with Crippen molar-refractivity contribution in [1.82, 2.24) is 15.0 Å².